The van der Waals surface area contributed by atoms with E-state index in [2.05, 4.69) is 6.92 Å². The standard InChI is InChI=1S/C19H17NO2/c1-12-5-3-4-6-16(12)19(21)14(11-20)10-15-7-8-18(22-15)17-9-13(17)2/h3-8,10,13,17H,9H2,1-2H3/b14-10+/t13-,17+/m0/s1. The van der Waals surface area contributed by atoms with Crippen molar-refractivity contribution in [2.75, 3.05) is 0 Å². The van der Waals surface area contributed by atoms with Gasteiger partial charge in [0.2, 0.25) is 5.78 Å². The summed E-state index contributed by atoms with van der Waals surface area (Å²) in [5.41, 5.74) is 1.51. The molecule has 0 saturated heterocycles. The molecule has 1 aromatic carbocycles. The Bertz CT molecular complexity index is 792. The van der Waals surface area contributed by atoms with Crippen LogP contribution < -0.4 is 0 Å². The summed E-state index contributed by atoms with van der Waals surface area (Å²) in [6.07, 6.45) is 2.68. The van der Waals surface area contributed by atoms with Crippen LogP contribution >= 0.6 is 0 Å². The first-order valence-electron chi connectivity index (χ1n) is 7.42. The number of rotatable bonds is 4. The van der Waals surface area contributed by atoms with E-state index in [-0.39, 0.29) is 11.4 Å². The van der Waals surface area contributed by atoms with Gasteiger partial charge in [0.15, 0.2) is 0 Å². The molecule has 0 unspecified atom stereocenters. The molecular weight excluding hydrogens is 274 g/mol. The van der Waals surface area contributed by atoms with E-state index in [0.717, 1.165) is 17.7 Å². The van der Waals surface area contributed by atoms with Crippen molar-refractivity contribution in [3.63, 3.8) is 0 Å². The molecule has 22 heavy (non-hydrogen) atoms. The molecule has 0 spiro atoms. The molecule has 0 aliphatic heterocycles. The highest BCUT2D eigenvalue weighted by Gasteiger charge is 2.36. The zero-order valence-corrected chi connectivity index (χ0v) is 12.7. The van der Waals surface area contributed by atoms with Crippen LogP contribution in [0.4, 0.5) is 0 Å². The number of nitriles is 1. The summed E-state index contributed by atoms with van der Waals surface area (Å²) in [5, 5.41) is 9.30. The van der Waals surface area contributed by atoms with Gasteiger partial charge in [-0.2, -0.15) is 5.26 Å². The predicted molar refractivity (Wildman–Crippen MR) is 84.3 cm³/mol. The Labute approximate surface area is 129 Å². The van der Waals surface area contributed by atoms with Crippen molar-refractivity contribution in [1.82, 2.24) is 0 Å². The van der Waals surface area contributed by atoms with Gasteiger partial charge >= 0.3 is 0 Å². The summed E-state index contributed by atoms with van der Waals surface area (Å²) >= 11 is 0. The number of nitrogens with zero attached hydrogens (tertiary/aromatic N) is 1. The number of ketones is 1. The first-order chi connectivity index (χ1) is 10.6. The number of Topliss-reactive ketones (excluding diaryl/α,β-unsaturated/α-hetero) is 1. The molecule has 1 fully saturated rings. The molecule has 1 heterocycles. The maximum Gasteiger partial charge on any atom is 0.203 e. The molecular formula is C19H17NO2. The number of carbonyl (C=O) groups is 1. The Morgan fingerprint density at radius 1 is 1.32 bits per heavy atom. The van der Waals surface area contributed by atoms with E-state index in [1.165, 1.54) is 6.08 Å². The van der Waals surface area contributed by atoms with Crippen LogP contribution in [0.3, 0.4) is 0 Å². The average Bonchev–Trinajstić information content (AvgIpc) is 3.07. The largest absolute Gasteiger partial charge is 0.461 e. The lowest BCUT2D eigenvalue weighted by Crippen LogP contribution is -2.03. The number of hydrogen-bond acceptors (Lipinski definition) is 3. The second-order valence-corrected chi connectivity index (χ2v) is 5.87. The molecule has 1 saturated carbocycles. The van der Waals surface area contributed by atoms with Gasteiger partial charge in [-0.15, -0.1) is 0 Å². The van der Waals surface area contributed by atoms with Crippen molar-refractivity contribution < 1.29 is 9.21 Å². The molecule has 2 atom stereocenters. The summed E-state index contributed by atoms with van der Waals surface area (Å²) in [6.45, 7) is 4.05. The number of allylic oxidation sites excluding steroid dienone is 1. The average molecular weight is 291 g/mol. The molecule has 1 aliphatic rings. The Hall–Kier alpha value is -2.60. The first-order valence-corrected chi connectivity index (χ1v) is 7.42. The van der Waals surface area contributed by atoms with Gasteiger partial charge in [-0.3, -0.25) is 4.79 Å². The SMILES string of the molecule is Cc1ccccc1C(=O)/C(C#N)=C/c1ccc([C@@H]2C[C@@H]2C)o1. The van der Waals surface area contributed by atoms with E-state index in [1.54, 1.807) is 12.1 Å². The number of aryl methyl sites for hydroxylation is 1. The van der Waals surface area contributed by atoms with Crippen LogP contribution in [0.1, 0.15) is 46.7 Å². The maximum atomic E-state index is 12.5. The highest BCUT2D eigenvalue weighted by atomic mass is 16.3. The normalized spacial score (nSPS) is 20.5. The Balaban J connectivity index is 1.87. The third-order valence-electron chi connectivity index (χ3n) is 4.16. The second kappa shape index (κ2) is 5.65. The molecule has 0 bridgehead atoms. The van der Waals surface area contributed by atoms with E-state index in [1.807, 2.05) is 37.3 Å². The second-order valence-electron chi connectivity index (χ2n) is 5.87. The lowest BCUT2D eigenvalue weighted by atomic mass is 9.99. The van der Waals surface area contributed by atoms with Gasteiger partial charge in [0.25, 0.3) is 0 Å². The van der Waals surface area contributed by atoms with Crippen molar-refractivity contribution in [3.8, 4) is 6.07 Å². The molecule has 3 rings (SSSR count). The Morgan fingerprint density at radius 3 is 2.68 bits per heavy atom. The number of carbonyl (C=O) groups excluding carboxylic acids is 1. The van der Waals surface area contributed by atoms with Gasteiger partial charge in [0.05, 0.1) is 0 Å². The molecule has 1 aliphatic carbocycles. The Morgan fingerprint density at radius 2 is 2.05 bits per heavy atom. The van der Waals surface area contributed by atoms with Crippen molar-refractivity contribution in [3.05, 3.63) is 64.6 Å². The van der Waals surface area contributed by atoms with Crippen LogP contribution in [-0.4, -0.2) is 5.78 Å². The van der Waals surface area contributed by atoms with Gasteiger partial charge < -0.3 is 4.42 Å². The summed E-state index contributed by atoms with van der Waals surface area (Å²) < 4.78 is 5.75. The van der Waals surface area contributed by atoms with Crippen LogP contribution in [0.25, 0.3) is 6.08 Å². The van der Waals surface area contributed by atoms with E-state index in [9.17, 15) is 10.1 Å². The number of benzene rings is 1. The lowest BCUT2D eigenvalue weighted by molar-refractivity contribution is 0.103. The van der Waals surface area contributed by atoms with E-state index in [4.69, 9.17) is 4.42 Å². The molecule has 110 valence electrons. The van der Waals surface area contributed by atoms with Gasteiger partial charge in [-0.25, -0.2) is 0 Å². The van der Waals surface area contributed by atoms with E-state index < -0.39 is 0 Å². The van der Waals surface area contributed by atoms with Gasteiger partial charge in [-0.05, 0) is 37.0 Å². The van der Waals surface area contributed by atoms with Crippen LogP contribution in [-0.2, 0) is 0 Å². The van der Waals surface area contributed by atoms with E-state index in [0.29, 0.717) is 23.2 Å². The third kappa shape index (κ3) is 2.73. The van der Waals surface area contributed by atoms with Crippen molar-refractivity contribution >= 4 is 11.9 Å². The fourth-order valence-corrected chi connectivity index (χ4v) is 2.63. The molecule has 0 amide bonds. The van der Waals surface area contributed by atoms with Crippen LogP contribution in [0.15, 0.2) is 46.4 Å². The zero-order chi connectivity index (χ0) is 15.7. The summed E-state index contributed by atoms with van der Waals surface area (Å²) in [7, 11) is 0. The van der Waals surface area contributed by atoms with Crippen LogP contribution in [0.2, 0.25) is 0 Å². The minimum atomic E-state index is -0.265. The topological polar surface area (TPSA) is 54.0 Å². The number of hydrogen-bond donors (Lipinski definition) is 0. The molecule has 0 N–H and O–H groups in total. The minimum Gasteiger partial charge on any atom is -0.461 e. The molecule has 3 nitrogen and oxygen atoms in total. The van der Waals surface area contributed by atoms with Gasteiger partial charge in [0.1, 0.15) is 23.2 Å². The van der Waals surface area contributed by atoms with E-state index >= 15 is 0 Å². The monoisotopic (exact) mass is 291 g/mol. The number of furan rings is 1. The third-order valence-corrected chi connectivity index (χ3v) is 4.16. The van der Waals surface area contributed by atoms with Crippen LogP contribution in [0.5, 0.6) is 0 Å². The minimum absolute atomic E-state index is 0.0963. The summed E-state index contributed by atoms with van der Waals surface area (Å²) in [5.74, 6) is 2.39. The summed E-state index contributed by atoms with van der Waals surface area (Å²) in [4.78, 5) is 12.5. The fourth-order valence-electron chi connectivity index (χ4n) is 2.63. The molecule has 3 heteroatoms. The van der Waals surface area contributed by atoms with Gasteiger partial charge in [0, 0.05) is 17.6 Å². The van der Waals surface area contributed by atoms with Crippen molar-refractivity contribution in [2.24, 2.45) is 5.92 Å². The predicted octanol–water partition coefficient (Wildman–Crippen LogP) is 4.50. The maximum absolute atomic E-state index is 12.5. The smallest absolute Gasteiger partial charge is 0.203 e. The molecule has 0 radical (unpaired) electrons. The highest BCUT2D eigenvalue weighted by Crippen LogP contribution is 2.47. The lowest BCUT2D eigenvalue weighted by Gasteiger charge is -2.02. The molecule has 2 aromatic rings. The zero-order valence-electron chi connectivity index (χ0n) is 12.7. The first kappa shape index (κ1) is 14.3. The van der Waals surface area contributed by atoms with Gasteiger partial charge in [-0.1, -0.05) is 31.2 Å². The van der Waals surface area contributed by atoms with Crippen LogP contribution in [0, 0.1) is 24.2 Å². The highest BCUT2D eigenvalue weighted by molar-refractivity contribution is 6.14. The van der Waals surface area contributed by atoms with Crippen molar-refractivity contribution in [2.45, 2.75) is 26.2 Å². The Kier molecular flexibility index (Phi) is 3.68. The summed E-state index contributed by atoms with van der Waals surface area (Å²) in [6, 6.07) is 13.0. The fraction of sp³-hybridized carbons (Fsp3) is 0.263. The van der Waals surface area contributed by atoms with Crippen molar-refractivity contribution in [1.29, 1.82) is 5.26 Å². The quantitative estimate of drug-likeness (QED) is 0.473. The molecule has 1 aromatic heterocycles.